The Morgan fingerprint density at radius 1 is 1.06 bits per heavy atom. The molecule has 2 aliphatic rings. The van der Waals surface area contributed by atoms with Crippen LogP contribution in [0.2, 0.25) is 0 Å². The number of aryl methyl sites for hydroxylation is 1. The van der Waals surface area contributed by atoms with Gasteiger partial charge in [-0.05, 0) is 81.2 Å². The Kier molecular flexibility index (Phi) is 6.86. The van der Waals surface area contributed by atoms with Crippen molar-refractivity contribution in [3.8, 4) is 0 Å². The zero-order chi connectivity index (χ0) is 23.5. The number of benzene rings is 1. The van der Waals surface area contributed by atoms with Crippen LogP contribution < -0.4 is 10.6 Å². The summed E-state index contributed by atoms with van der Waals surface area (Å²) in [4.78, 5) is 7.10. The van der Waals surface area contributed by atoms with Gasteiger partial charge in [0.25, 0.3) is 0 Å². The molecule has 5 nitrogen and oxygen atoms in total. The molecule has 0 amide bonds. The maximum absolute atomic E-state index is 5.89. The largest absolute Gasteiger partial charge is 0.385 e. The molecule has 0 bridgehead atoms. The molecule has 2 atom stereocenters. The van der Waals surface area contributed by atoms with Gasteiger partial charge in [0.1, 0.15) is 0 Å². The summed E-state index contributed by atoms with van der Waals surface area (Å²) in [5.41, 5.74) is 6.33. The van der Waals surface area contributed by atoms with Gasteiger partial charge in [-0.2, -0.15) is 0 Å². The van der Waals surface area contributed by atoms with Crippen LogP contribution in [0.15, 0.2) is 60.8 Å². The summed E-state index contributed by atoms with van der Waals surface area (Å²) in [7, 11) is 0. The number of nitrogens with one attached hydrogen (secondary N) is 2. The van der Waals surface area contributed by atoms with Crippen LogP contribution in [0.1, 0.15) is 72.9 Å². The maximum atomic E-state index is 5.89. The lowest BCUT2D eigenvalue weighted by molar-refractivity contribution is 0.314. The molecule has 3 heterocycles. The lowest BCUT2D eigenvalue weighted by Gasteiger charge is -2.28. The van der Waals surface area contributed by atoms with Crippen LogP contribution in [-0.2, 0) is 0 Å². The first kappa shape index (κ1) is 22.9. The maximum Gasteiger partial charge on any atom is 0.170 e. The van der Waals surface area contributed by atoms with Gasteiger partial charge < -0.3 is 20.1 Å². The number of rotatable bonds is 8. The van der Waals surface area contributed by atoms with Gasteiger partial charge in [-0.1, -0.05) is 37.1 Å². The van der Waals surface area contributed by atoms with Crippen LogP contribution in [0, 0.1) is 13.8 Å². The number of hydrogen-bond donors (Lipinski definition) is 2. The van der Waals surface area contributed by atoms with E-state index in [1.54, 1.807) is 0 Å². The monoisotopic (exact) mass is 473 g/mol. The van der Waals surface area contributed by atoms with Crippen molar-refractivity contribution < 1.29 is 0 Å². The first-order valence-corrected chi connectivity index (χ1v) is 13.0. The van der Waals surface area contributed by atoms with Crippen molar-refractivity contribution in [3.05, 3.63) is 83.4 Å². The molecule has 0 unspecified atom stereocenters. The summed E-state index contributed by atoms with van der Waals surface area (Å²) in [6, 6.07) is 19.8. The SMILES string of the molecule is Cc1cc([C@H]2[C@@H](c3ccccn3)NC(=S)N2CCCNc2ccccc2)c(C)n1C1CCCC1. The van der Waals surface area contributed by atoms with E-state index in [0.29, 0.717) is 6.04 Å². The van der Waals surface area contributed by atoms with Gasteiger partial charge in [0.2, 0.25) is 0 Å². The second-order valence-corrected chi connectivity index (χ2v) is 9.99. The molecule has 6 heteroatoms. The first-order valence-electron chi connectivity index (χ1n) is 12.6. The van der Waals surface area contributed by atoms with Crippen LogP contribution in [0.5, 0.6) is 0 Å². The fraction of sp³-hybridized carbons (Fsp3) is 0.429. The summed E-state index contributed by atoms with van der Waals surface area (Å²) in [5.74, 6) is 0. The van der Waals surface area contributed by atoms with Crippen molar-refractivity contribution in [2.24, 2.45) is 0 Å². The number of pyridine rings is 1. The molecule has 5 rings (SSSR count). The van der Waals surface area contributed by atoms with Crippen LogP contribution in [-0.4, -0.2) is 32.7 Å². The normalized spacial score (nSPS) is 20.6. The van der Waals surface area contributed by atoms with E-state index in [1.807, 2.05) is 18.3 Å². The van der Waals surface area contributed by atoms with E-state index in [9.17, 15) is 0 Å². The molecule has 2 fully saturated rings. The second-order valence-electron chi connectivity index (χ2n) is 9.60. The van der Waals surface area contributed by atoms with Gasteiger partial charge in [0.15, 0.2) is 5.11 Å². The standard InChI is InChI=1S/C28H35N5S/c1-20-19-24(21(2)33(20)23-13-6-7-14-23)27-26(25-15-8-9-16-30-25)31-28(34)32(27)18-10-17-29-22-11-4-3-5-12-22/h3-5,8-9,11-12,15-16,19,23,26-27,29H,6-7,10,13-14,17-18H2,1-2H3,(H,31,34)/t26-,27+/m1/s1. The number of aromatic nitrogens is 2. The Morgan fingerprint density at radius 2 is 1.82 bits per heavy atom. The summed E-state index contributed by atoms with van der Waals surface area (Å²) in [6.45, 7) is 6.37. The lowest BCUT2D eigenvalue weighted by atomic mass is 9.96. The van der Waals surface area contributed by atoms with Crippen molar-refractivity contribution in [1.29, 1.82) is 0 Å². The Labute approximate surface area is 208 Å². The van der Waals surface area contributed by atoms with E-state index in [4.69, 9.17) is 17.2 Å². The fourth-order valence-corrected chi connectivity index (χ4v) is 6.18. The minimum atomic E-state index is 0.0494. The minimum absolute atomic E-state index is 0.0494. The number of hydrogen-bond acceptors (Lipinski definition) is 3. The second kappa shape index (κ2) is 10.2. The van der Waals surface area contributed by atoms with Gasteiger partial charge >= 0.3 is 0 Å². The molecular weight excluding hydrogens is 438 g/mol. The van der Waals surface area contributed by atoms with Gasteiger partial charge in [-0.15, -0.1) is 0 Å². The number of anilines is 1. The molecule has 1 saturated carbocycles. The van der Waals surface area contributed by atoms with Crippen molar-refractivity contribution in [1.82, 2.24) is 19.8 Å². The topological polar surface area (TPSA) is 45.1 Å². The molecule has 2 aromatic heterocycles. The molecule has 1 aliphatic carbocycles. The van der Waals surface area contributed by atoms with Crippen molar-refractivity contribution in [2.75, 3.05) is 18.4 Å². The molecular formula is C28H35N5S. The van der Waals surface area contributed by atoms with Gasteiger partial charge in [0.05, 0.1) is 17.8 Å². The predicted octanol–water partition coefficient (Wildman–Crippen LogP) is 6.09. The summed E-state index contributed by atoms with van der Waals surface area (Å²) >= 11 is 5.89. The van der Waals surface area contributed by atoms with E-state index in [2.05, 4.69) is 76.4 Å². The van der Waals surface area contributed by atoms with E-state index in [1.165, 1.54) is 42.6 Å². The summed E-state index contributed by atoms with van der Waals surface area (Å²) < 4.78 is 2.59. The Hall–Kier alpha value is -2.86. The first-order chi connectivity index (χ1) is 16.6. The minimum Gasteiger partial charge on any atom is -0.385 e. The molecule has 1 aliphatic heterocycles. The Balaban J connectivity index is 1.41. The molecule has 0 spiro atoms. The summed E-state index contributed by atoms with van der Waals surface area (Å²) in [6.07, 6.45) is 8.13. The highest BCUT2D eigenvalue weighted by molar-refractivity contribution is 7.80. The number of para-hydroxylation sites is 1. The van der Waals surface area contributed by atoms with Crippen LogP contribution in [0.25, 0.3) is 0 Å². The van der Waals surface area contributed by atoms with E-state index in [0.717, 1.165) is 36.0 Å². The van der Waals surface area contributed by atoms with Gasteiger partial charge in [0, 0.05) is 42.4 Å². The summed E-state index contributed by atoms with van der Waals surface area (Å²) in [5, 5.41) is 7.98. The molecule has 1 saturated heterocycles. The highest BCUT2D eigenvalue weighted by Gasteiger charge is 2.41. The van der Waals surface area contributed by atoms with Crippen molar-refractivity contribution >= 4 is 23.0 Å². The van der Waals surface area contributed by atoms with Crippen molar-refractivity contribution in [3.63, 3.8) is 0 Å². The van der Waals surface area contributed by atoms with E-state index >= 15 is 0 Å². The molecule has 0 radical (unpaired) electrons. The van der Waals surface area contributed by atoms with Crippen LogP contribution in [0.4, 0.5) is 5.69 Å². The highest BCUT2D eigenvalue weighted by Crippen LogP contribution is 2.42. The van der Waals surface area contributed by atoms with Crippen molar-refractivity contribution in [2.45, 2.75) is 64.1 Å². The zero-order valence-electron chi connectivity index (χ0n) is 20.2. The van der Waals surface area contributed by atoms with Crippen LogP contribution in [0.3, 0.4) is 0 Å². The van der Waals surface area contributed by atoms with Gasteiger partial charge in [-0.3, -0.25) is 4.98 Å². The predicted molar refractivity (Wildman–Crippen MR) is 143 cm³/mol. The molecule has 34 heavy (non-hydrogen) atoms. The highest BCUT2D eigenvalue weighted by atomic mass is 32.1. The van der Waals surface area contributed by atoms with Gasteiger partial charge in [-0.25, -0.2) is 0 Å². The fourth-order valence-electron chi connectivity index (χ4n) is 5.85. The average molecular weight is 474 g/mol. The molecule has 178 valence electrons. The smallest absolute Gasteiger partial charge is 0.170 e. The molecule has 2 N–H and O–H groups in total. The lowest BCUT2D eigenvalue weighted by Crippen LogP contribution is -2.31. The van der Waals surface area contributed by atoms with Crippen LogP contribution >= 0.6 is 12.2 Å². The third kappa shape index (κ3) is 4.56. The van der Waals surface area contributed by atoms with E-state index < -0.39 is 0 Å². The zero-order valence-corrected chi connectivity index (χ0v) is 21.0. The van der Waals surface area contributed by atoms with E-state index in [-0.39, 0.29) is 12.1 Å². The Morgan fingerprint density at radius 3 is 2.56 bits per heavy atom. The third-order valence-corrected chi connectivity index (χ3v) is 7.76. The number of thiocarbonyl (C=S) groups is 1. The Bertz CT molecular complexity index is 1100. The number of nitrogens with zero attached hydrogens (tertiary/aromatic N) is 3. The average Bonchev–Trinajstić information content (AvgIpc) is 3.56. The molecule has 1 aromatic carbocycles. The molecule has 3 aromatic rings. The quantitative estimate of drug-likeness (QED) is 0.306. The third-order valence-electron chi connectivity index (χ3n) is 7.41.